The molecule has 0 spiro atoms. The molecule has 0 aliphatic heterocycles. The van der Waals surface area contributed by atoms with Crippen LogP contribution in [-0.2, 0) is 13.6 Å². The fraction of sp³-hybridized carbons (Fsp3) is 0.263. The van der Waals surface area contributed by atoms with Crippen LogP contribution in [0.3, 0.4) is 0 Å². The quantitative estimate of drug-likeness (QED) is 0.162. The van der Waals surface area contributed by atoms with Gasteiger partial charge < -0.3 is 19.0 Å². The van der Waals surface area contributed by atoms with E-state index in [-0.39, 0.29) is 36.4 Å². The van der Waals surface area contributed by atoms with Crippen LogP contribution in [0, 0.1) is 0 Å². The number of hydrogen-bond donors (Lipinski definition) is 1. The summed E-state index contributed by atoms with van der Waals surface area (Å²) in [5, 5.41) is 13.3. The highest BCUT2D eigenvalue weighted by molar-refractivity contribution is 7.73. The number of nitrogens with zero attached hydrogens (tertiary/aromatic N) is 1. The zero-order chi connectivity index (χ0) is 21.4. The van der Waals surface area contributed by atoms with Crippen LogP contribution < -0.4 is 4.74 Å². The zero-order valence-electron chi connectivity index (χ0n) is 15.8. The summed E-state index contributed by atoms with van der Waals surface area (Å²) in [7, 11) is -3.93. The Kier molecular flexibility index (Phi) is 8.68. The summed E-state index contributed by atoms with van der Waals surface area (Å²) in [6.45, 7) is 3.05. The van der Waals surface area contributed by atoms with Crippen molar-refractivity contribution in [3.63, 3.8) is 0 Å². The monoisotopic (exact) mass is 459 g/mol. The molecule has 0 saturated carbocycles. The Balaban J connectivity index is 2.31. The maximum atomic E-state index is 13.1. The molecule has 0 bridgehead atoms. The SMILES string of the molecule is CCOP(=O)(OCC)C(=NO)c1ccccc1C(=O)COc1ccc(Cl)c(Cl)c1. The van der Waals surface area contributed by atoms with Gasteiger partial charge in [0.05, 0.1) is 23.3 Å². The minimum Gasteiger partial charge on any atom is -0.485 e. The molecule has 0 fully saturated rings. The zero-order valence-corrected chi connectivity index (χ0v) is 18.2. The molecule has 1 N–H and O–H groups in total. The third-order valence-corrected chi connectivity index (χ3v) is 6.47. The smallest absolute Gasteiger partial charge is 0.383 e. The van der Waals surface area contributed by atoms with Crippen molar-refractivity contribution >= 4 is 42.0 Å². The van der Waals surface area contributed by atoms with Crippen LogP contribution in [0.15, 0.2) is 47.6 Å². The van der Waals surface area contributed by atoms with Gasteiger partial charge in [-0.25, -0.2) is 0 Å². The number of benzene rings is 2. The molecule has 0 amide bonds. The number of Topliss-reactive ketones (excluding diaryl/α,β-unsaturated/α-hetero) is 1. The van der Waals surface area contributed by atoms with E-state index in [1.807, 2.05) is 0 Å². The number of carbonyl (C=O) groups excluding carboxylic acids is 1. The van der Waals surface area contributed by atoms with Crippen LogP contribution in [0.25, 0.3) is 0 Å². The highest BCUT2D eigenvalue weighted by Gasteiger charge is 2.35. The molecule has 0 aliphatic rings. The predicted octanol–water partition coefficient (Wildman–Crippen LogP) is 5.66. The summed E-state index contributed by atoms with van der Waals surface area (Å²) >= 11 is 11.8. The highest BCUT2D eigenvalue weighted by Crippen LogP contribution is 2.52. The molecule has 0 atom stereocenters. The van der Waals surface area contributed by atoms with E-state index < -0.39 is 13.4 Å². The molecule has 7 nitrogen and oxygen atoms in total. The van der Waals surface area contributed by atoms with Gasteiger partial charge in [0, 0.05) is 17.2 Å². The molecular weight excluding hydrogens is 440 g/mol. The molecule has 0 aliphatic carbocycles. The molecule has 0 heterocycles. The summed E-state index contributed by atoms with van der Waals surface area (Å²) in [6.07, 6.45) is 0. The van der Waals surface area contributed by atoms with E-state index >= 15 is 0 Å². The van der Waals surface area contributed by atoms with Crippen molar-refractivity contribution in [3.8, 4) is 5.75 Å². The molecule has 2 aromatic rings. The molecule has 2 aromatic carbocycles. The van der Waals surface area contributed by atoms with E-state index in [9.17, 15) is 14.6 Å². The minimum atomic E-state index is -3.93. The van der Waals surface area contributed by atoms with E-state index in [0.717, 1.165) is 0 Å². The van der Waals surface area contributed by atoms with E-state index in [1.54, 1.807) is 38.1 Å². The fourth-order valence-electron chi connectivity index (χ4n) is 2.47. The van der Waals surface area contributed by atoms with Gasteiger partial charge in [-0.3, -0.25) is 9.36 Å². The Bertz CT molecular complexity index is 940. The lowest BCUT2D eigenvalue weighted by Gasteiger charge is -2.19. The van der Waals surface area contributed by atoms with Gasteiger partial charge in [-0.15, -0.1) is 0 Å². The largest absolute Gasteiger partial charge is 0.485 e. The van der Waals surface area contributed by atoms with Crippen molar-refractivity contribution < 1.29 is 28.4 Å². The Morgan fingerprint density at radius 1 is 1.03 bits per heavy atom. The molecule has 29 heavy (non-hydrogen) atoms. The topological polar surface area (TPSA) is 94.4 Å². The van der Waals surface area contributed by atoms with Crippen molar-refractivity contribution in [1.82, 2.24) is 0 Å². The number of carbonyl (C=O) groups is 1. The average Bonchev–Trinajstić information content (AvgIpc) is 2.70. The van der Waals surface area contributed by atoms with Crippen molar-refractivity contribution in [1.29, 1.82) is 0 Å². The number of oxime groups is 1. The van der Waals surface area contributed by atoms with Gasteiger partial charge in [0.2, 0.25) is 5.78 Å². The van der Waals surface area contributed by atoms with Gasteiger partial charge >= 0.3 is 7.60 Å². The van der Waals surface area contributed by atoms with Gasteiger partial charge in [-0.2, -0.15) is 0 Å². The van der Waals surface area contributed by atoms with E-state index in [2.05, 4.69) is 5.16 Å². The Labute approximate surface area is 178 Å². The molecule has 10 heteroatoms. The standard InChI is InChI=1S/C19H20Cl2NO6P/c1-3-27-29(25,28-4-2)19(22-24)15-8-6-5-7-14(15)18(23)12-26-13-9-10-16(20)17(21)11-13/h5-11,24H,3-4,12H2,1-2H3. The number of hydrogen-bond acceptors (Lipinski definition) is 7. The first-order chi connectivity index (χ1) is 13.9. The Morgan fingerprint density at radius 2 is 1.66 bits per heavy atom. The molecule has 2 rings (SSSR count). The summed E-state index contributed by atoms with van der Waals surface area (Å²) in [5.74, 6) is -0.0806. The van der Waals surface area contributed by atoms with Gasteiger partial charge in [0.15, 0.2) is 12.1 Å². The molecule has 0 saturated heterocycles. The predicted molar refractivity (Wildman–Crippen MR) is 112 cm³/mol. The second kappa shape index (κ2) is 10.8. The van der Waals surface area contributed by atoms with Crippen molar-refractivity contribution in [2.24, 2.45) is 5.16 Å². The number of rotatable bonds is 10. The lowest BCUT2D eigenvalue weighted by atomic mass is 10.0. The normalized spacial score (nSPS) is 12.1. The second-order valence-electron chi connectivity index (χ2n) is 5.59. The summed E-state index contributed by atoms with van der Waals surface area (Å²) in [5.41, 5.74) is -0.0809. The van der Waals surface area contributed by atoms with Crippen LogP contribution in [0.2, 0.25) is 10.0 Å². The Hall–Kier alpha value is -1.89. The van der Waals surface area contributed by atoms with Gasteiger partial charge in [-0.05, 0) is 26.0 Å². The van der Waals surface area contributed by atoms with Crippen molar-refractivity contribution in [3.05, 3.63) is 63.6 Å². The van der Waals surface area contributed by atoms with Crippen LogP contribution in [0.4, 0.5) is 0 Å². The minimum absolute atomic E-state index is 0.0623. The lowest BCUT2D eigenvalue weighted by Crippen LogP contribution is -2.18. The van der Waals surface area contributed by atoms with E-state index in [4.69, 9.17) is 37.0 Å². The van der Waals surface area contributed by atoms with E-state index in [1.165, 1.54) is 18.2 Å². The third kappa shape index (κ3) is 5.81. The van der Waals surface area contributed by atoms with Crippen LogP contribution >= 0.6 is 30.8 Å². The number of halogens is 2. The Morgan fingerprint density at radius 3 is 2.21 bits per heavy atom. The van der Waals surface area contributed by atoms with Gasteiger partial charge in [-0.1, -0.05) is 52.6 Å². The highest BCUT2D eigenvalue weighted by atomic mass is 35.5. The summed E-state index contributed by atoms with van der Waals surface area (Å²) < 4.78 is 29.0. The maximum Gasteiger partial charge on any atom is 0.383 e. The summed E-state index contributed by atoms with van der Waals surface area (Å²) in [6, 6.07) is 10.8. The first-order valence-corrected chi connectivity index (χ1v) is 11.0. The molecule has 156 valence electrons. The van der Waals surface area contributed by atoms with Gasteiger partial charge in [0.1, 0.15) is 5.75 Å². The van der Waals surface area contributed by atoms with Crippen LogP contribution in [0.1, 0.15) is 29.8 Å². The van der Waals surface area contributed by atoms with Crippen molar-refractivity contribution in [2.75, 3.05) is 19.8 Å². The maximum absolute atomic E-state index is 13.1. The third-order valence-electron chi connectivity index (χ3n) is 3.68. The number of ether oxygens (including phenoxy) is 1. The molecule has 0 unspecified atom stereocenters. The van der Waals surface area contributed by atoms with Crippen molar-refractivity contribution in [2.45, 2.75) is 13.8 Å². The van der Waals surface area contributed by atoms with Crippen LogP contribution in [-0.4, -0.2) is 36.3 Å². The first kappa shape index (κ1) is 23.4. The van der Waals surface area contributed by atoms with Gasteiger partial charge in [0.25, 0.3) is 0 Å². The molecule has 0 radical (unpaired) electrons. The second-order valence-corrected chi connectivity index (χ2v) is 8.34. The average molecular weight is 460 g/mol. The summed E-state index contributed by atoms with van der Waals surface area (Å²) in [4.78, 5) is 12.8. The van der Waals surface area contributed by atoms with E-state index in [0.29, 0.717) is 15.8 Å². The lowest BCUT2D eigenvalue weighted by molar-refractivity contribution is 0.0921. The number of ketones is 1. The van der Waals surface area contributed by atoms with Crippen LogP contribution in [0.5, 0.6) is 5.75 Å². The first-order valence-electron chi connectivity index (χ1n) is 8.68. The molecular formula is C19H20Cl2NO6P. The molecule has 0 aromatic heterocycles. The fourth-order valence-corrected chi connectivity index (χ4v) is 4.36.